The summed E-state index contributed by atoms with van der Waals surface area (Å²) in [5.74, 6) is 6.54. The van der Waals surface area contributed by atoms with Gasteiger partial charge in [0.25, 0.3) is 0 Å². The van der Waals surface area contributed by atoms with Gasteiger partial charge in [-0.05, 0) is 78.8 Å². The van der Waals surface area contributed by atoms with Crippen LogP contribution in [0.25, 0.3) is 10.8 Å². The van der Waals surface area contributed by atoms with Gasteiger partial charge in [0.1, 0.15) is 5.82 Å². The van der Waals surface area contributed by atoms with Gasteiger partial charge < -0.3 is 0 Å². The zero-order valence-corrected chi connectivity index (χ0v) is 18.8. The summed E-state index contributed by atoms with van der Waals surface area (Å²) < 4.78 is 53.2. The van der Waals surface area contributed by atoms with E-state index in [1.165, 1.54) is 62.6 Å². The van der Waals surface area contributed by atoms with Crippen molar-refractivity contribution < 1.29 is 17.6 Å². The van der Waals surface area contributed by atoms with Crippen LogP contribution in [0.4, 0.5) is 17.6 Å². The molecule has 0 radical (unpaired) electrons. The molecule has 3 aromatic rings. The van der Waals surface area contributed by atoms with E-state index in [-0.39, 0.29) is 11.4 Å². The topological polar surface area (TPSA) is 0 Å². The zero-order valence-electron chi connectivity index (χ0n) is 18.8. The van der Waals surface area contributed by atoms with Gasteiger partial charge in [0, 0.05) is 10.9 Å². The Bertz CT molecular complexity index is 1150. The second-order valence-electron chi connectivity index (χ2n) is 9.09. The highest BCUT2D eigenvalue weighted by molar-refractivity contribution is 5.85. The van der Waals surface area contributed by atoms with E-state index in [1.54, 1.807) is 6.07 Å². The van der Waals surface area contributed by atoms with E-state index >= 15 is 4.39 Å². The highest BCUT2D eigenvalue weighted by Gasteiger charge is 2.29. The summed E-state index contributed by atoms with van der Waals surface area (Å²) >= 11 is 0. The van der Waals surface area contributed by atoms with Gasteiger partial charge >= 0.3 is 6.18 Å². The first-order chi connectivity index (χ1) is 15.8. The van der Waals surface area contributed by atoms with Gasteiger partial charge in [0.2, 0.25) is 0 Å². The van der Waals surface area contributed by atoms with Crippen molar-refractivity contribution in [1.29, 1.82) is 0 Å². The minimum atomic E-state index is -4.39. The van der Waals surface area contributed by atoms with Crippen LogP contribution in [0, 0.1) is 23.6 Å². The lowest BCUT2D eigenvalue weighted by atomic mass is 9.77. The Labute approximate surface area is 193 Å². The first-order valence-electron chi connectivity index (χ1n) is 11.8. The van der Waals surface area contributed by atoms with E-state index in [2.05, 4.69) is 24.8 Å². The zero-order chi connectivity index (χ0) is 23.4. The summed E-state index contributed by atoms with van der Waals surface area (Å²) in [5, 5.41) is 1.38. The average Bonchev–Trinajstić information content (AvgIpc) is 2.82. The number of unbranched alkanes of at least 4 members (excludes halogenated alkanes) is 1. The summed E-state index contributed by atoms with van der Waals surface area (Å²) in [6, 6.07) is 14.1. The molecule has 0 heterocycles. The Hall–Kier alpha value is -2.80. The summed E-state index contributed by atoms with van der Waals surface area (Å²) in [5.41, 5.74) is 1.20. The first-order valence-corrected chi connectivity index (χ1v) is 11.8. The molecule has 1 aliphatic rings. The predicted octanol–water partition coefficient (Wildman–Crippen LogP) is 8.86. The monoisotopic (exact) mass is 452 g/mol. The van der Waals surface area contributed by atoms with Crippen molar-refractivity contribution in [3.63, 3.8) is 0 Å². The van der Waals surface area contributed by atoms with Gasteiger partial charge in [-0.25, -0.2) is 4.39 Å². The lowest BCUT2D eigenvalue weighted by molar-refractivity contribution is -0.137. The number of halogens is 4. The van der Waals surface area contributed by atoms with Crippen molar-refractivity contribution in [2.45, 2.75) is 64.0 Å². The molecule has 0 atom stereocenters. The molecule has 0 aromatic heterocycles. The van der Waals surface area contributed by atoms with Crippen LogP contribution in [0.3, 0.4) is 0 Å². The Morgan fingerprint density at radius 3 is 2.27 bits per heavy atom. The summed E-state index contributed by atoms with van der Waals surface area (Å²) in [4.78, 5) is 0. The lowest BCUT2D eigenvalue weighted by Gasteiger charge is -2.29. The van der Waals surface area contributed by atoms with Crippen LogP contribution in [0.5, 0.6) is 0 Å². The van der Waals surface area contributed by atoms with E-state index in [4.69, 9.17) is 0 Å². The summed E-state index contributed by atoms with van der Waals surface area (Å²) in [6.07, 6.45) is 4.46. The number of benzene rings is 3. The van der Waals surface area contributed by atoms with Crippen molar-refractivity contribution in [3.05, 3.63) is 82.7 Å². The Balaban J connectivity index is 1.50. The maximum atomic E-state index is 15.1. The van der Waals surface area contributed by atoms with Crippen LogP contribution in [-0.2, 0) is 6.18 Å². The van der Waals surface area contributed by atoms with Crippen molar-refractivity contribution >= 4 is 10.8 Å². The van der Waals surface area contributed by atoms with Gasteiger partial charge in [-0.3, -0.25) is 0 Å². The van der Waals surface area contributed by atoms with Crippen molar-refractivity contribution in [2.24, 2.45) is 5.92 Å². The SMILES string of the molecule is CCCCC1CCC(c2ccc3c(F)c(C#Cc4ccc(C(F)(F)F)cc4)ccc3c2)CC1. The van der Waals surface area contributed by atoms with E-state index in [0.717, 1.165) is 23.4 Å². The van der Waals surface area contributed by atoms with Gasteiger partial charge in [-0.2, -0.15) is 13.2 Å². The molecule has 4 rings (SSSR count). The largest absolute Gasteiger partial charge is 0.416 e. The molecule has 172 valence electrons. The van der Waals surface area contributed by atoms with Crippen LogP contribution >= 0.6 is 0 Å². The maximum absolute atomic E-state index is 15.1. The minimum Gasteiger partial charge on any atom is -0.205 e. The average molecular weight is 453 g/mol. The summed E-state index contributed by atoms with van der Waals surface area (Å²) in [7, 11) is 0. The predicted molar refractivity (Wildman–Crippen MR) is 126 cm³/mol. The highest BCUT2D eigenvalue weighted by atomic mass is 19.4. The van der Waals surface area contributed by atoms with E-state index in [9.17, 15) is 13.2 Å². The standard InChI is InChI=1S/C29H28F4/c1-2-3-4-20-5-10-22(11-6-20)24-15-18-27-25(19-24)14-13-23(28(27)30)12-7-21-8-16-26(17-9-21)29(31,32)33/h8-9,13-20,22H,2-6,10-11H2,1H3. The molecule has 0 nitrogen and oxygen atoms in total. The third-order valence-electron chi connectivity index (χ3n) is 6.82. The van der Waals surface area contributed by atoms with Crippen molar-refractivity contribution in [3.8, 4) is 11.8 Å². The molecular formula is C29H28F4. The number of alkyl halides is 3. The summed E-state index contributed by atoms with van der Waals surface area (Å²) in [6.45, 7) is 2.24. The second-order valence-corrected chi connectivity index (χ2v) is 9.09. The smallest absolute Gasteiger partial charge is 0.205 e. The second kappa shape index (κ2) is 10.00. The molecule has 1 aliphatic carbocycles. The first kappa shape index (κ1) is 23.4. The molecule has 1 saturated carbocycles. The van der Waals surface area contributed by atoms with E-state index in [0.29, 0.717) is 16.9 Å². The van der Waals surface area contributed by atoms with Gasteiger partial charge in [-0.15, -0.1) is 0 Å². The minimum absolute atomic E-state index is 0.242. The number of hydrogen-bond acceptors (Lipinski definition) is 0. The third-order valence-corrected chi connectivity index (χ3v) is 6.82. The van der Waals surface area contributed by atoms with Gasteiger partial charge in [0.15, 0.2) is 0 Å². The fourth-order valence-corrected chi connectivity index (χ4v) is 4.82. The molecular weight excluding hydrogens is 424 g/mol. The number of fused-ring (bicyclic) bond motifs is 1. The van der Waals surface area contributed by atoms with Crippen molar-refractivity contribution in [2.75, 3.05) is 0 Å². The molecule has 0 aliphatic heterocycles. The van der Waals surface area contributed by atoms with Crippen LogP contribution in [-0.4, -0.2) is 0 Å². The molecule has 0 amide bonds. The van der Waals surface area contributed by atoms with Gasteiger partial charge in [-0.1, -0.05) is 62.3 Å². The van der Waals surface area contributed by atoms with Crippen LogP contribution < -0.4 is 0 Å². The molecule has 0 bridgehead atoms. The molecule has 0 N–H and O–H groups in total. The van der Waals surface area contributed by atoms with Crippen LogP contribution in [0.1, 0.15) is 80.0 Å². The fraction of sp³-hybridized carbons (Fsp3) is 0.379. The Morgan fingerprint density at radius 1 is 0.879 bits per heavy atom. The normalized spacial score (nSPS) is 18.7. The molecule has 33 heavy (non-hydrogen) atoms. The molecule has 4 heteroatoms. The fourth-order valence-electron chi connectivity index (χ4n) is 4.82. The molecule has 0 unspecified atom stereocenters. The molecule has 0 saturated heterocycles. The third kappa shape index (κ3) is 5.58. The molecule has 0 spiro atoms. The number of rotatable bonds is 4. The number of hydrogen-bond donors (Lipinski definition) is 0. The highest BCUT2D eigenvalue weighted by Crippen LogP contribution is 2.38. The Morgan fingerprint density at radius 2 is 1.61 bits per heavy atom. The lowest BCUT2D eigenvalue weighted by Crippen LogP contribution is -2.13. The maximum Gasteiger partial charge on any atom is 0.416 e. The Kier molecular flexibility index (Phi) is 7.08. The van der Waals surface area contributed by atoms with E-state index in [1.807, 2.05) is 18.2 Å². The molecule has 1 fully saturated rings. The molecule has 3 aromatic carbocycles. The van der Waals surface area contributed by atoms with Crippen molar-refractivity contribution in [1.82, 2.24) is 0 Å². The van der Waals surface area contributed by atoms with Gasteiger partial charge in [0.05, 0.1) is 11.1 Å². The van der Waals surface area contributed by atoms with Crippen LogP contribution in [0.2, 0.25) is 0 Å². The van der Waals surface area contributed by atoms with Crippen LogP contribution in [0.15, 0.2) is 54.6 Å². The van der Waals surface area contributed by atoms with E-state index < -0.39 is 11.7 Å². The quantitative estimate of drug-likeness (QED) is 0.274.